The van der Waals surface area contributed by atoms with Crippen LogP contribution in [0.3, 0.4) is 0 Å². The lowest BCUT2D eigenvalue weighted by molar-refractivity contribution is 1.01. The van der Waals surface area contributed by atoms with Gasteiger partial charge in [-0.05, 0) is 51.3 Å². The molecule has 0 spiro atoms. The Morgan fingerprint density at radius 2 is 1.88 bits per heavy atom. The van der Waals surface area contributed by atoms with E-state index in [0.717, 1.165) is 8.66 Å². The molecule has 0 radical (unpaired) electrons. The smallest absolute Gasteiger partial charge is 0.228 e. The van der Waals surface area contributed by atoms with Crippen molar-refractivity contribution < 1.29 is 0 Å². The van der Waals surface area contributed by atoms with Crippen molar-refractivity contribution in [2.45, 2.75) is 6.54 Å². The van der Waals surface area contributed by atoms with E-state index in [2.05, 4.69) is 36.2 Å². The number of thiophene rings is 1. The van der Waals surface area contributed by atoms with E-state index in [9.17, 15) is 0 Å². The molecule has 0 aromatic carbocycles. The zero-order valence-corrected chi connectivity index (χ0v) is 11.7. The number of nitrogens with one attached hydrogen (secondary N) is 1. The third-order valence-electron chi connectivity index (χ3n) is 1.63. The van der Waals surface area contributed by atoms with Gasteiger partial charge in [0.05, 0.1) is 10.3 Å². The van der Waals surface area contributed by atoms with Gasteiger partial charge in [0.1, 0.15) is 0 Å². The average molecular weight is 340 g/mol. The maximum Gasteiger partial charge on any atom is 0.228 e. The van der Waals surface area contributed by atoms with E-state index >= 15 is 0 Å². The predicted molar refractivity (Wildman–Crippen MR) is 69.2 cm³/mol. The fourth-order valence-electron chi connectivity index (χ4n) is 1.02. The largest absolute Gasteiger partial charge is 0.349 e. The maximum atomic E-state index is 5.64. The number of rotatable bonds is 3. The summed E-state index contributed by atoms with van der Waals surface area (Å²) in [6, 6.07) is 3.99. The Labute approximate surface area is 114 Å². The van der Waals surface area contributed by atoms with Crippen LogP contribution >= 0.6 is 50.5 Å². The molecule has 1 N–H and O–H groups in total. The van der Waals surface area contributed by atoms with Crippen molar-refractivity contribution >= 4 is 56.4 Å². The van der Waals surface area contributed by atoms with E-state index in [1.165, 1.54) is 0 Å². The van der Waals surface area contributed by atoms with Gasteiger partial charge in [0.25, 0.3) is 0 Å². The normalized spacial score (nSPS) is 10.4. The van der Waals surface area contributed by atoms with E-state index in [1.54, 1.807) is 11.3 Å². The molecule has 0 bridgehead atoms. The summed E-state index contributed by atoms with van der Waals surface area (Å²) < 4.78 is 1.08. The zero-order chi connectivity index (χ0) is 11.5. The number of halogens is 3. The fourth-order valence-corrected chi connectivity index (χ4v) is 2.80. The van der Waals surface area contributed by atoms with E-state index in [0.29, 0.717) is 12.5 Å². The number of hydrogen-bond acceptors (Lipinski definition) is 5. The Bertz CT molecular complexity index is 484. The van der Waals surface area contributed by atoms with Crippen molar-refractivity contribution in [3.8, 4) is 0 Å². The van der Waals surface area contributed by atoms with Crippen molar-refractivity contribution in [2.24, 2.45) is 0 Å². The van der Waals surface area contributed by atoms with E-state index in [-0.39, 0.29) is 10.6 Å². The minimum Gasteiger partial charge on any atom is -0.349 e. The molecular formula is C8H5BrCl2N4S. The number of anilines is 1. The van der Waals surface area contributed by atoms with Crippen LogP contribution in [0.15, 0.2) is 15.9 Å². The summed E-state index contributed by atoms with van der Waals surface area (Å²) in [5.74, 6) is 0.370. The summed E-state index contributed by atoms with van der Waals surface area (Å²) in [6.07, 6.45) is 0. The quantitative estimate of drug-likeness (QED) is 0.927. The predicted octanol–water partition coefficient (Wildman–Crippen LogP) is 3.61. The Morgan fingerprint density at radius 3 is 2.44 bits per heavy atom. The highest BCUT2D eigenvalue weighted by Gasteiger charge is 2.03. The van der Waals surface area contributed by atoms with Crippen LogP contribution in [0.5, 0.6) is 0 Å². The zero-order valence-electron chi connectivity index (χ0n) is 7.75. The van der Waals surface area contributed by atoms with E-state index in [1.807, 2.05) is 12.1 Å². The molecule has 0 aliphatic carbocycles. The van der Waals surface area contributed by atoms with Crippen molar-refractivity contribution in [3.63, 3.8) is 0 Å². The molecule has 2 aromatic rings. The Hall–Kier alpha value is -0.430. The van der Waals surface area contributed by atoms with Crippen LogP contribution in [0.4, 0.5) is 5.95 Å². The van der Waals surface area contributed by atoms with Crippen LogP contribution in [0, 0.1) is 0 Å². The lowest BCUT2D eigenvalue weighted by atomic mass is 10.5. The molecule has 0 unspecified atom stereocenters. The summed E-state index contributed by atoms with van der Waals surface area (Å²) in [5.41, 5.74) is 0. The van der Waals surface area contributed by atoms with Crippen LogP contribution in [-0.4, -0.2) is 15.0 Å². The molecule has 0 saturated carbocycles. The van der Waals surface area contributed by atoms with Crippen molar-refractivity contribution in [3.05, 3.63) is 31.4 Å². The highest BCUT2D eigenvalue weighted by molar-refractivity contribution is 9.11. The van der Waals surface area contributed by atoms with Crippen molar-refractivity contribution in [1.29, 1.82) is 0 Å². The lowest BCUT2D eigenvalue weighted by Gasteiger charge is -2.02. The molecule has 0 fully saturated rings. The molecule has 84 valence electrons. The molecular weight excluding hydrogens is 335 g/mol. The van der Waals surface area contributed by atoms with Gasteiger partial charge < -0.3 is 5.32 Å². The van der Waals surface area contributed by atoms with Crippen LogP contribution in [0.1, 0.15) is 4.88 Å². The fraction of sp³-hybridized carbons (Fsp3) is 0.125. The maximum absolute atomic E-state index is 5.64. The molecule has 2 rings (SSSR count). The summed E-state index contributed by atoms with van der Waals surface area (Å²) in [5, 5.41) is 3.17. The number of aromatic nitrogens is 3. The van der Waals surface area contributed by atoms with E-state index < -0.39 is 0 Å². The summed E-state index contributed by atoms with van der Waals surface area (Å²) in [7, 11) is 0. The standard InChI is InChI=1S/C8H5BrCl2N4S/c9-5-2-1-4(16-5)3-12-8-14-6(10)13-7(11)15-8/h1-2H,3H2,(H,12,13,14,15). The van der Waals surface area contributed by atoms with Gasteiger partial charge >= 0.3 is 0 Å². The second-order valence-corrected chi connectivity index (χ2v) is 5.98. The molecule has 0 amide bonds. The molecule has 4 nitrogen and oxygen atoms in total. The Balaban J connectivity index is 2.04. The van der Waals surface area contributed by atoms with Gasteiger partial charge in [-0.15, -0.1) is 11.3 Å². The summed E-state index contributed by atoms with van der Waals surface area (Å²) >= 11 is 16.3. The van der Waals surface area contributed by atoms with Crippen LogP contribution < -0.4 is 5.32 Å². The van der Waals surface area contributed by atoms with Crippen molar-refractivity contribution in [2.75, 3.05) is 5.32 Å². The Kier molecular flexibility index (Phi) is 3.96. The first-order chi connectivity index (χ1) is 7.63. The monoisotopic (exact) mass is 338 g/mol. The minimum atomic E-state index is 0.0786. The van der Waals surface area contributed by atoms with Crippen LogP contribution in [0.2, 0.25) is 10.6 Å². The third kappa shape index (κ3) is 3.28. The van der Waals surface area contributed by atoms with Gasteiger partial charge in [-0.2, -0.15) is 15.0 Å². The molecule has 0 atom stereocenters. The molecule has 2 heterocycles. The van der Waals surface area contributed by atoms with Gasteiger partial charge in [0, 0.05) is 4.88 Å². The van der Waals surface area contributed by atoms with Gasteiger partial charge in [0.2, 0.25) is 16.5 Å². The molecule has 16 heavy (non-hydrogen) atoms. The molecule has 0 aliphatic heterocycles. The molecule has 8 heteroatoms. The SMILES string of the molecule is Clc1nc(Cl)nc(NCc2ccc(Br)s2)n1. The average Bonchev–Trinajstić information content (AvgIpc) is 2.60. The first-order valence-corrected chi connectivity index (χ1v) is 6.55. The Morgan fingerprint density at radius 1 is 1.19 bits per heavy atom. The topological polar surface area (TPSA) is 50.7 Å². The minimum absolute atomic E-state index is 0.0786. The van der Waals surface area contributed by atoms with E-state index in [4.69, 9.17) is 23.2 Å². The van der Waals surface area contributed by atoms with Gasteiger partial charge in [-0.1, -0.05) is 0 Å². The van der Waals surface area contributed by atoms with Crippen LogP contribution in [-0.2, 0) is 6.54 Å². The molecule has 2 aromatic heterocycles. The molecule has 0 saturated heterocycles. The molecule has 0 aliphatic rings. The second kappa shape index (κ2) is 5.27. The highest BCUT2D eigenvalue weighted by Crippen LogP contribution is 2.22. The summed E-state index contributed by atoms with van der Waals surface area (Å²) in [4.78, 5) is 12.6. The lowest BCUT2D eigenvalue weighted by Crippen LogP contribution is -2.03. The summed E-state index contributed by atoms with van der Waals surface area (Å²) in [6.45, 7) is 0.618. The third-order valence-corrected chi connectivity index (χ3v) is 3.59. The van der Waals surface area contributed by atoms with Crippen LogP contribution in [0.25, 0.3) is 0 Å². The number of nitrogens with zero attached hydrogens (tertiary/aromatic N) is 3. The number of hydrogen-bond donors (Lipinski definition) is 1. The highest BCUT2D eigenvalue weighted by atomic mass is 79.9. The van der Waals surface area contributed by atoms with Crippen molar-refractivity contribution in [1.82, 2.24) is 15.0 Å². The first kappa shape index (κ1) is 12.0. The van der Waals surface area contributed by atoms with Gasteiger partial charge in [0.15, 0.2) is 0 Å². The van der Waals surface area contributed by atoms with Gasteiger partial charge in [-0.25, -0.2) is 0 Å². The first-order valence-electron chi connectivity index (χ1n) is 4.18. The van der Waals surface area contributed by atoms with Gasteiger partial charge in [-0.3, -0.25) is 0 Å². The second-order valence-electron chi connectivity index (χ2n) is 2.76.